The molecule has 0 bridgehead atoms. The summed E-state index contributed by atoms with van der Waals surface area (Å²) in [6.45, 7) is 2.19. The van der Waals surface area contributed by atoms with E-state index in [2.05, 4.69) is 13.0 Å². The van der Waals surface area contributed by atoms with E-state index in [1.165, 1.54) is 0 Å². The first-order chi connectivity index (χ1) is 3.33. The Hall–Kier alpha value is -0.510. The zero-order valence-corrected chi connectivity index (χ0v) is 4.52. The van der Waals surface area contributed by atoms with Gasteiger partial charge in [0.05, 0.1) is 6.07 Å². The van der Waals surface area contributed by atoms with Crippen LogP contribution in [0.25, 0.3) is 0 Å². The van der Waals surface area contributed by atoms with Crippen molar-refractivity contribution in [1.29, 1.82) is 5.26 Å². The van der Waals surface area contributed by atoms with Gasteiger partial charge in [0.15, 0.2) is 0 Å². The minimum Gasteiger partial charge on any atom is -0.198 e. The smallest absolute Gasteiger partial charge is 0.0655 e. The van der Waals surface area contributed by atoms with Crippen molar-refractivity contribution in [1.82, 2.24) is 0 Å². The van der Waals surface area contributed by atoms with Gasteiger partial charge in [0.2, 0.25) is 0 Å². The second-order valence-corrected chi connectivity index (χ2v) is 2.40. The molecule has 1 heteroatoms. The molecule has 0 spiro atoms. The van der Waals surface area contributed by atoms with E-state index in [-0.39, 0.29) is 0 Å². The van der Waals surface area contributed by atoms with Gasteiger partial charge in [-0.2, -0.15) is 5.26 Å². The van der Waals surface area contributed by atoms with Gasteiger partial charge >= 0.3 is 0 Å². The third kappa shape index (κ3) is 0.742. The predicted octanol–water partition coefficient (Wildman–Crippen LogP) is 1.56. The number of nitrogens with zero attached hydrogens (tertiary/aromatic N) is 1. The quantitative estimate of drug-likeness (QED) is 0.448. The first-order valence-electron chi connectivity index (χ1n) is 2.72. The molecule has 7 heavy (non-hydrogen) atoms. The molecule has 0 atom stereocenters. The van der Waals surface area contributed by atoms with Crippen LogP contribution in [-0.4, -0.2) is 0 Å². The van der Waals surface area contributed by atoms with Gasteiger partial charge in [-0.15, -0.1) is 0 Å². The van der Waals surface area contributed by atoms with Gasteiger partial charge in [-0.25, -0.2) is 0 Å². The summed E-state index contributed by atoms with van der Waals surface area (Å²) >= 11 is 0. The van der Waals surface area contributed by atoms with Gasteiger partial charge in [0.1, 0.15) is 0 Å². The van der Waals surface area contributed by atoms with Crippen LogP contribution in [-0.2, 0) is 0 Å². The van der Waals surface area contributed by atoms with Gasteiger partial charge in [-0.3, -0.25) is 0 Å². The van der Waals surface area contributed by atoms with Crippen molar-refractivity contribution in [3.8, 4) is 6.07 Å². The molecule has 38 valence electrons. The molecule has 0 aromatic heterocycles. The Labute approximate surface area is 44.0 Å². The number of hydrogen-bond donors (Lipinski definition) is 0. The van der Waals surface area contributed by atoms with Crippen molar-refractivity contribution < 1.29 is 0 Å². The highest BCUT2D eigenvalue weighted by molar-refractivity contribution is 4.91. The molecule has 1 fully saturated rings. The van der Waals surface area contributed by atoms with Gasteiger partial charge in [0.25, 0.3) is 0 Å². The van der Waals surface area contributed by atoms with Crippen LogP contribution in [0.5, 0.6) is 0 Å². The van der Waals surface area contributed by atoms with Crippen molar-refractivity contribution in [3.05, 3.63) is 0 Å². The first kappa shape index (κ1) is 4.64. The molecule has 0 amide bonds. The van der Waals surface area contributed by atoms with Crippen LogP contribution in [0.4, 0.5) is 0 Å². The number of rotatable bonds is 0. The Bertz CT molecular complexity index is 95.2. The maximum atomic E-state index is 8.25. The van der Waals surface area contributed by atoms with Crippen molar-refractivity contribution >= 4 is 0 Å². The molecule has 0 aliphatic heterocycles. The Morgan fingerprint density at radius 1 is 1.57 bits per heavy atom. The second-order valence-electron chi connectivity index (χ2n) is 2.40. The van der Waals surface area contributed by atoms with Crippen LogP contribution >= 0.6 is 0 Å². The Balaban J connectivity index is 2.21. The standard InChI is InChI=1S/C6H9N/c1-5-2-6(3-5)4-7/h5-6H,2-3H2,1H3. The molecule has 0 radical (unpaired) electrons. The van der Waals surface area contributed by atoms with Gasteiger partial charge in [-0.05, 0) is 18.8 Å². The van der Waals surface area contributed by atoms with Crippen LogP contribution in [0.1, 0.15) is 19.8 Å². The lowest BCUT2D eigenvalue weighted by atomic mass is 9.77. The summed E-state index contributed by atoms with van der Waals surface area (Å²) in [6.07, 6.45) is 2.27. The van der Waals surface area contributed by atoms with E-state index in [4.69, 9.17) is 5.26 Å². The minimum atomic E-state index is 0.398. The van der Waals surface area contributed by atoms with Crippen LogP contribution in [0.15, 0.2) is 0 Å². The average Bonchev–Trinajstić information content (AvgIpc) is 1.58. The summed E-state index contributed by atoms with van der Waals surface area (Å²) in [5.74, 6) is 1.22. The van der Waals surface area contributed by atoms with E-state index in [9.17, 15) is 0 Å². The van der Waals surface area contributed by atoms with Crippen LogP contribution in [0.3, 0.4) is 0 Å². The van der Waals surface area contributed by atoms with E-state index in [0.29, 0.717) is 5.92 Å². The van der Waals surface area contributed by atoms with E-state index in [1.54, 1.807) is 0 Å². The van der Waals surface area contributed by atoms with Crippen molar-refractivity contribution in [2.75, 3.05) is 0 Å². The molecule has 1 saturated carbocycles. The fraction of sp³-hybridized carbons (Fsp3) is 0.833. The van der Waals surface area contributed by atoms with Gasteiger partial charge in [-0.1, -0.05) is 6.92 Å². The highest BCUT2D eigenvalue weighted by atomic mass is 14.3. The normalized spacial score (nSPS) is 38.9. The molecular weight excluding hydrogens is 86.1 g/mol. The van der Waals surface area contributed by atoms with Crippen LogP contribution in [0.2, 0.25) is 0 Å². The predicted molar refractivity (Wildman–Crippen MR) is 27.5 cm³/mol. The lowest BCUT2D eigenvalue weighted by Gasteiger charge is -2.26. The fourth-order valence-electron chi connectivity index (χ4n) is 1.01. The molecular formula is C6H9N. The number of nitriles is 1. The Morgan fingerprint density at radius 2 is 2.14 bits per heavy atom. The summed E-state index contributed by atoms with van der Waals surface area (Å²) < 4.78 is 0. The SMILES string of the molecule is CC1CC(C#N)C1. The van der Waals surface area contributed by atoms with Crippen molar-refractivity contribution in [3.63, 3.8) is 0 Å². The van der Waals surface area contributed by atoms with Gasteiger partial charge < -0.3 is 0 Å². The zero-order chi connectivity index (χ0) is 5.28. The first-order valence-corrected chi connectivity index (χ1v) is 2.72. The highest BCUT2D eigenvalue weighted by Crippen LogP contribution is 2.31. The van der Waals surface area contributed by atoms with Gasteiger partial charge in [0, 0.05) is 5.92 Å². The molecule has 1 aliphatic carbocycles. The molecule has 0 heterocycles. The topological polar surface area (TPSA) is 23.8 Å². The Kier molecular flexibility index (Phi) is 1.02. The molecule has 0 saturated heterocycles. The molecule has 0 aromatic carbocycles. The van der Waals surface area contributed by atoms with Crippen molar-refractivity contribution in [2.24, 2.45) is 11.8 Å². The molecule has 0 unspecified atom stereocenters. The van der Waals surface area contributed by atoms with E-state index in [1.807, 2.05) is 0 Å². The summed E-state index contributed by atoms with van der Waals surface area (Å²) in [7, 11) is 0. The average molecular weight is 95.1 g/mol. The molecule has 1 aliphatic rings. The maximum absolute atomic E-state index is 8.25. The third-order valence-corrected chi connectivity index (χ3v) is 1.56. The van der Waals surface area contributed by atoms with Crippen molar-refractivity contribution in [2.45, 2.75) is 19.8 Å². The molecule has 1 nitrogen and oxygen atoms in total. The summed E-state index contributed by atoms with van der Waals surface area (Å²) in [5.41, 5.74) is 0. The van der Waals surface area contributed by atoms with Crippen LogP contribution in [0, 0.1) is 23.2 Å². The summed E-state index contributed by atoms with van der Waals surface area (Å²) in [6, 6.07) is 2.23. The summed E-state index contributed by atoms with van der Waals surface area (Å²) in [4.78, 5) is 0. The molecule has 0 aromatic rings. The highest BCUT2D eigenvalue weighted by Gasteiger charge is 2.24. The molecule has 1 rings (SSSR count). The fourth-order valence-corrected chi connectivity index (χ4v) is 1.01. The summed E-state index contributed by atoms with van der Waals surface area (Å²) in [5, 5.41) is 8.25. The minimum absolute atomic E-state index is 0.398. The zero-order valence-electron chi connectivity index (χ0n) is 4.52. The molecule has 0 N–H and O–H groups in total. The lowest BCUT2D eigenvalue weighted by Crippen LogP contribution is -2.18. The largest absolute Gasteiger partial charge is 0.198 e. The lowest BCUT2D eigenvalue weighted by molar-refractivity contribution is 0.270. The third-order valence-electron chi connectivity index (χ3n) is 1.56. The monoisotopic (exact) mass is 95.1 g/mol. The second kappa shape index (κ2) is 1.54. The van der Waals surface area contributed by atoms with E-state index >= 15 is 0 Å². The van der Waals surface area contributed by atoms with Crippen LogP contribution < -0.4 is 0 Å². The Morgan fingerprint density at radius 3 is 2.29 bits per heavy atom. The van der Waals surface area contributed by atoms with E-state index < -0.39 is 0 Å². The van der Waals surface area contributed by atoms with E-state index in [0.717, 1.165) is 18.8 Å². The maximum Gasteiger partial charge on any atom is 0.0655 e. The number of hydrogen-bond acceptors (Lipinski definition) is 1.